The lowest BCUT2D eigenvalue weighted by Gasteiger charge is -2.32. The molecular formula is C52H52Cl2F2N6O8S. The van der Waals surface area contributed by atoms with E-state index in [1.807, 2.05) is 24.3 Å². The van der Waals surface area contributed by atoms with Crippen LogP contribution in [0.2, 0.25) is 10.0 Å². The summed E-state index contributed by atoms with van der Waals surface area (Å²) in [6.45, 7) is 8.21. The number of alkyl halides is 1. The number of nitrogens with zero attached hydrogens (tertiary/aromatic N) is 6. The lowest BCUT2D eigenvalue weighted by atomic mass is 9.87. The number of benzene rings is 4. The van der Waals surface area contributed by atoms with Gasteiger partial charge in [-0.3, -0.25) is 0 Å². The molecule has 0 radical (unpaired) electrons. The van der Waals surface area contributed by atoms with Crippen molar-refractivity contribution in [1.82, 2.24) is 29.7 Å². The average molecular weight is 1030 g/mol. The molecule has 14 nitrogen and oxygen atoms in total. The Morgan fingerprint density at radius 2 is 1.86 bits per heavy atom. The number of halogens is 4. The number of carbonyl (C=O) groups is 1. The molecule has 3 aromatic heterocycles. The van der Waals surface area contributed by atoms with Crippen LogP contribution < -0.4 is 9.47 Å². The SMILES string of the molecule is Cc1c(Cl)c(O)c(Cl)c2c3cc(F)ccc3c3sc4ncnc(O[C@H](Cc5cc(CCN6CCN(C)CC6)ccc5OCc5ccnc(C6=CC[C@@](F)(COC[C@H]7COCCO7)CC6)n5)C(=O)O)c4c3c12. The fraction of sp³-hybridized carbons (Fsp3) is 0.404. The molecule has 71 heavy (non-hydrogen) atoms. The monoisotopic (exact) mass is 1030 g/mol. The first-order chi connectivity index (χ1) is 34.3. The van der Waals surface area contributed by atoms with Crippen LogP contribution in [0.3, 0.4) is 0 Å². The minimum absolute atomic E-state index is 0.0111. The average Bonchev–Trinajstić information content (AvgIpc) is 3.77. The van der Waals surface area contributed by atoms with E-state index >= 15 is 4.39 Å². The Hall–Kier alpha value is -5.37. The minimum Gasteiger partial charge on any atom is -0.505 e. The van der Waals surface area contributed by atoms with Gasteiger partial charge in [-0.15, -0.1) is 11.3 Å². The first kappa shape index (κ1) is 49.2. The number of allylic oxidation sites excluding steroid dienone is 2. The maximum atomic E-state index is 15.8. The number of piperazine rings is 1. The van der Waals surface area contributed by atoms with Crippen molar-refractivity contribution in [3.63, 3.8) is 0 Å². The molecule has 2 saturated heterocycles. The molecule has 19 heteroatoms. The van der Waals surface area contributed by atoms with Gasteiger partial charge in [-0.2, -0.15) is 0 Å². The number of hydrogen-bond donors (Lipinski definition) is 2. The van der Waals surface area contributed by atoms with Gasteiger partial charge >= 0.3 is 5.97 Å². The second-order valence-corrected chi connectivity index (χ2v) is 20.3. The van der Waals surface area contributed by atoms with Crippen LogP contribution in [-0.2, 0) is 38.5 Å². The fourth-order valence-corrected chi connectivity index (χ4v) is 11.4. The van der Waals surface area contributed by atoms with Crippen molar-refractivity contribution < 1.29 is 47.5 Å². The lowest BCUT2D eigenvalue weighted by Crippen LogP contribution is -2.45. The number of aromatic hydroxyl groups is 1. The van der Waals surface area contributed by atoms with Gasteiger partial charge in [0.05, 0.1) is 54.2 Å². The number of rotatable bonds is 16. The molecule has 3 atom stereocenters. The van der Waals surface area contributed by atoms with E-state index in [1.165, 1.54) is 29.8 Å². The van der Waals surface area contributed by atoms with Crippen molar-refractivity contribution >= 4 is 87.9 Å². The zero-order valence-electron chi connectivity index (χ0n) is 39.2. The first-order valence-corrected chi connectivity index (χ1v) is 25.2. The summed E-state index contributed by atoms with van der Waals surface area (Å²) in [6.07, 6.45) is 4.63. The number of aryl methyl sites for hydroxylation is 1. The highest BCUT2D eigenvalue weighted by Crippen LogP contribution is 2.52. The van der Waals surface area contributed by atoms with Gasteiger partial charge in [0.15, 0.2) is 11.6 Å². The molecule has 3 aliphatic rings. The Morgan fingerprint density at radius 1 is 1.01 bits per heavy atom. The maximum absolute atomic E-state index is 15.8. The van der Waals surface area contributed by atoms with Crippen molar-refractivity contribution in [3.05, 3.63) is 105 Å². The number of carboxylic acids is 1. The van der Waals surface area contributed by atoms with Gasteiger partial charge in [0.2, 0.25) is 12.0 Å². The molecule has 4 aromatic carbocycles. The summed E-state index contributed by atoms with van der Waals surface area (Å²) in [5.41, 5.74) is 1.99. The molecule has 2 N–H and O–H groups in total. The summed E-state index contributed by atoms with van der Waals surface area (Å²) in [7, 11) is 2.12. The standard InChI is InChI=1S/C52H52Cl2F2N6O8S/c1-29-40-41(45(54)46(63)44(29)53)37-23-33(55)4-5-36(37)47-42(40)43-49(58-28-59-50(43)71-47)70-39(51(64)65)22-32-21-30(10-14-62-17-15-61(2)16-18-62)3-6-38(32)69-24-34-9-13-57-48(60-34)31-7-11-52(56,12-8-31)27-67-26-35-25-66-19-20-68-35/h3-7,9,13,21,23,28,35,39,63H,8,10-12,14-20,22,24-27H2,1-2H3,(H,64,65)/t35-,39-,52+/m1/s1. The zero-order chi connectivity index (χ0) is 49.4. The third-order valence-electron chi connectivity index (χ3n) is 13.6. The minimum atomic E-state index is -1.51. The van der Waals surface area contributed by atoms with Crippen molar-refractivity contribution in [3.8, 4) is 17.4 Å². The van der Waals surface area contributed by atoms with E-state index in [0.717, 1.165) is 50.3 Å². The van der Waals surface area contributed by atoms with Crippen LogP contribution in [0, 0.1) is 12.7 Å². The van der Waals surface area contributed by atoms with Gasteiger partial charge in [0, 0.05) is 72.6 Å². The Balaban J connectivity index is 0.933. The van der Waals surface area contributed by atoms with Crippen molar-refractivity contribution in [2.45, 2.75) is 63.5 Å². The largest absolute Gasteiger partial charge is 0.505 e. The van der Waals surface area contributed by atoms with Gasteiger partial charge in [-0.25, -0.2) is 33.5 Å². The maximum Gasteiger partial charge on any atom is 0.345 e. The van der Waals surface area contributed by atoms with Crippen molar-refractivity contribution in [2.75, 3.05) is 72.8 Å². The van der Waals surface area contributed by atoms with Crippen molar-refractivity contribution in [2.24, 2.45) is 0 Å². The molecular weight excluding hydrogens is 978 g/mol. The van der Waals surface area contributed by atoms with E-state index in [9.17, 15) is 19.4 Å². The second-order valence-electron chi connectivity index (χ2n) is 18.5. The van der Waals surface area contributed by atoms with Crippen LogP contribution in [0.5, 0.6) is 17.4 Å². The van der Waals surface area contributed by atoms with Crippen LogP contribution in [-0.4, -0.2) is 137 Å². The molecule has 372 valence electrons. The summed E-state index contributed by atoms with van der Waals surface area (Å²) in [4.78, 5) is 37.0. The van der Waals surface area contributed by atoms with E-state index in [1.54, 1.807) is 25.3 Å². The molecule has 0 amide bonds. The summed E-state index contributed by atoms with van der Waals surface area (Å²) in [5.74, 6) is -1.12. The van der Waals surface area contributed by atoms with Gasteiger partial charge in [0.25, 0.3) is 0 Å². The van der Waals surface area contributed by atoms with Crippen molar-refractivity contribution in [1.29, 1.82) is 0 Å². The normalized spacial score (nSPS) is 19.7. The van der Waals surface area contributed by atoms with E-state index in [2.05, 4.69) is 31.8 Å². The number of likely N-dealkylation sites (N-methyl/N-ethyl adjacent to an activating group) is 1. The number of thiophene rings is 1. The summed E-state index contributed by atoms with van der Waals surface area (Å²) >= 11 is 14.8. The molecule has 10 rings (SSSR count). The molecule has 0 bridgehead atoms. The number of aliphatic carboxylic acids is 1. The third kappa shape index (κ3) is 10.5. The Bertz CT molecular complexity index is 3190. The molecule has 0 spiro atoms. The quantitative estimate of drug-likeness (QED) is 0.0881. The first-order valence-electron chi connectivity index (χ1n) is 23.6. The zero-order valence-corrected chi connectivity index (χ0v) is 41.5. The molecule has 2 aliphatic heterocycles. The number of fused-ring (bicyclic) bond motifs is 8. The Morgan fingerprint density at radius 3 is 2.63 bits per heavy atom. The van der Waals surface area contributed by atoms with E-state index in [0.29, 0.717) is 96.5 Å². The topological polar surface area (TPSA) is 162 Å². The number of hydrogen-bond acceptors (Lipinski definition) is 14. The Labute approximate surface area is 422 Å². The molecule has 2 fully saturated rings. The third-order valence-corrected chi connectivity index (χ3v) is 15.6. The van der Waals surface area contributed by atoms with Crippen LogP contribution in [0.25, 0.3) is 47.4 Å². The number of phenolic OH excluding ortho intramolecular Hbond substituents is 1. The fourth-order valence-electron chi connectivity index (χ4n) is 9.66. The van der Waals surface area contributed by atoms with Gasteiger partial charge < -0.3 is 43.7 Å². The van der Waals surface area contributed by atoms with E-state index in [4.69, 9.17) is 51.9 Å². The van der Waals surface area contributed by atoms with Crippen LogP contribution in [0.15, 0.2) is 61.1 Å². The smallest absolute Gasteiger partial charge is 0.345 e. The molecule has 0 unspecified atom stereocenters. The van der Waals surface area contributed by atoms with Gasteiger partial charge in [-0.1, -0.05) is 47.5 Å². The highest BCUT2D eigenvalue weighted by Gasteiger charge is 2.34. The van der Waals surface area contributed by atoms with E-state index in [-0.39, 0.29) is 66.9 Å². The highest BCUT2D eigenvalue weighted by molar-refractivity contribution is 7.26. The number of ether oxygens (including phenoxy) is 5. The van der Waals surface area contributed by atoms with Crippen LogP contribution >= 0.6 is 34.5 Å². The summed E-state index contributed by atoms with van der Waals surface area (Å²) in [5, 5.41) is 24.9. The predicted molar refractivity (Wildman–Crippen MR) is 270 cm³/mol. The molecule has 1 aliphatic carbocycles. The lowest BCUT2D eigenvalue weighted by molar-refractivity contribution is -0.145. The second kappa shape index (κ2) is 21.0. The Kier molecular flexibility index (Phi) is 14.6. The molecule has 0 saturated carbocycles. The number of carboxylic acid groups (broad SMARTS) is 1. The van der Waals surface area contributed by atoms with Gasteiger partial charge in [-0.05, 0) is 90.5 Å². The predicted octanol–water partition coefficient (Wildman–Crippen LogP) is 9.55. The van der Waals surface area contributed by atoms with Crippen LogP contribution in [0.1, 0.15) is 47.5 Å². The number of aromatic nitrogens is 4. The molecule has 5 heterocycles. The number of phenols is 1. The van der Waals surface area contributed by atoms with Gasteiger partial charge in [0.1, 0.15) is 41.1 Å². The summed E-state index contributed by atoms with van der Waals surface area (Å²) in [6, 6.07) is 11.9. The summed E-state index contributed by atoms with van der Waals surface area (Å²) < 4.78 is 61.1. The van der Waals surface area contributed by atoms with Crippen LogP contribution in [0.4, 0.5) is 8.78 Å². The van der Waals surface area contributed by atoms with E-state index < -0.39 is 23.6 Å². The highest BCUT2D eigenvalue weighted by atomic mass is 35.5. The molecule has 7 aromatic rings.